The molecule has 1 aliphatic carbocycles. The Bertz CT molecular complexity index is 1710. The van der Waals surface area contributed by atoms with E-state index in [1.54, 1.807) is 45.2 Å². The van der Waals surface area contributed by atoms with Crippen molar-refractivity contribution in [3.63, 3.8) is 0 Å². The van der Waals surface area contributed by atoms with E-state index in [1.165, 1.54) is 24.5 Å². The van der Waals surface area contributed by atoms with Crippen LogP contribution in [0.5, 0.6) is 5.88 Å². The number of aryl methyl sites for hydroxylation is 1. The average molecular weight is 581 g/mol. The van der Waals surface area contributed by atoms with Crippen LogP contribution in [0, 0.1) is 0 Å². The number of amides is 2. The molecule has 2 amide bonds. The number of carbonyl (C=O) groups is 3. The van der Waals surface area contributed by atoms with Gasteiger partial charge in [0.05, 0.1) is 18.5 Å². The summed E-state index contributed by atoms with van der Waals surface area (Å²) in [7, 11) is 3.61. The first kappa shape index (κ1) is 29.6. The van der Waals surface area contributed by atoms with E-state index in [9.17, 15) is 14.4 Å². The molecule has 222 valence electrons. The van der Waals surface area contributed by atoms with Crippen LogP contribution < -0.4 is 15.4 Å². The molecule has 5 rings (SSSR count). The van der Waals surface area contributed by atoms with Crippen molar-refractivity contribution in [2.45, 2.75) is 51.0 Å². The van der Waals surface area contributed by atoms with Crippen LogP contribution in [0.25, 0.3) is 28.4 Å². The molecule has 43 heavy (non-hydrogen) atoms. The predicted molar refractivity (Wildman–Crippen MR) is 167 cm³/mol. The lowest BCUT2D eigenvalue weighted by Gasteiger charge is -2.25. The summed E-state index contributed by atoms with van der Waals surface area (Å²) in [5, 5.41) is 15.6. The van der Waals surface area contributed by atoms with Crippen molar-refractivity contribution in [2.24, 2.45) is 7.05 Å². The van der Waals surface area contributed by atoms with E-state index in [4.69, 9.17) is 14.8 Å². The molecule has 0 saturated heterocycles. The topological polar surface area (TPSA) is 123 Å². The van der Waals surface area contributed by atoms with E-state index in [0.717, 1.165) is 41.2 Å². The van der Waals surface area contributed by atoms with Gasteiger partial charge in [-0.2, -0.15) is 0 Å². The van der Waals surface area contributed by atoms with Crippen molar-refractivity contribution in [2.75, 3.05) is 12.4 Å². The highest BCUT2D eigenvalue weighted by molar-refractivity contribution is 6.05. The highest BCUT2D eigenvalue weighted by Crippen LogP contribution is 2.44. The van der Waals surface area contributed by atoms with E-state index >= 15 is 0 Å². The third-order valence-corrected chi connectivity index (χ3v) is 8.02. The number of aliphatic carboxylic acids is 1. The van der Waals surface area contributed by atoms with Gasteiger partial charge in [0, 0.05) is 41.3 Å². The smallest absolute Gasteiger partial charge is 0.328 e. The fourth-order valence-electron chi connectivity index (χ4n) is 5.75. The molecule has 2 aromatic heterocycles. The van der Waals surface area contributed by atoms with Crippen LogP contribution in [0.1, 0.15) is 66.9 Å². The molecule has 0 atom stereocenters. The zero-order valence-corrected chi connectivity index (χ0v) is 24.8. The normalized spacial score (nSPS) is 13.9. The van der Waals surface area contributed by atoms with Crippen molar-refractivity contribution in [1.82, 2.24) is 14.9 Å². The van der Waals surface area contributed by atoms with Crippen molar-refractivity contribution in [3.8, 4) is 17.3 Å². The van der Waals surface area contributed by atoms with Gasteiger partial charge in [-0.1, -0.05) is 37.1 Å². The Morgan fingerprint density at radius 3 is 2.44 bits per heavy atom. The molecule has 0 aliphatic heterocycles. The molecule has 0 unspecified atom stereocenters. The van der Waals surface area contributed by atoms with E-state index in [0.29, 0.717) is 28.6 Å². The monoisotopic (exact) mass is 580 g/mol. The number of benzene rings is 2. The lowest BCUT2D eigenvalue weighted by molar-refractivity contribution is -0.131. The summed E-state index contributed by atoms with van der Waals surface area (Å²) in [5.41, 5.74) is 4.49. The molecule has 0 radical (unpaired) electrons. The Balaban J connectivity index is 1.40. The van der Waals surface area contributed by atoms with Crippen molar-refractivity contribution < 1.29 is 24.2 Å². The van der Waals surface area contributed by atoms with Gasteiger partial charge in [0.25, 0.3) is 5.91 Å². The maximum atomic E-state index is 13.5. The maximum absolute atomic E-state index is 13.5. The number of methoxy groups -OCH3 is 1. The van der Waals surface area contributed by atoms with Crippen LogP contribution in [0.3, 0.4) is 0 Å². The molecule has 3 N–H and O–H groups in total. The number of nitrogens with zero attached hydrogens (tertiary/aromatic N) is 2. The fourth-order valence-corrected chi connectivity index (χ4v) is 5.75. The average Bonchev–Trinajstić information content (AvgIpc) is 3.62. The number of nitrogens with one attached hydrogen (secondary N) is 2. The van der Waals surface area contributed by atoms with E-state index in [-0.39, 0.29) is 11.8 Å². The largest absolute Gasteiger partial charge is 0.481 e. The Morgan fingerprint density at radius 1 is 1.05 bits per heavy atom. The van der Waals surface area contributed by atoms with Crippen LogP contribution in [0.15, 0.2) is 66.7 Å². The molecular formula is C34H36N4O5. The summed E-state index contributed by atoms with van der Waals surface area (Å²) in [6.45, 7) is 3.30. The number of carboxylic acid groups (broad SMARTS) is 1. The Morgan fingerprint density at radius 2 is 1.77 bits per heavy atom. The lowest BCUT2D eigenvalue weighted by Crippen LogP contribution is -2.52. The van der Waals surface area contributed by atoms with Gasteiger partial charge in [-0.3, -0.25) is 9.59 Å². The maximum Gasteiger partial charge on any atom is 0.328 e. The highest BCUT2D eigenvalue weighted by atomic mass is 16.5. The van der Waals surface area contributed by atoms with Crippen molar-refractivity contribution in [1.29, 1.82) is 0 Å². The van der Waals surface area contributed by atoms with E-state index < -0.39 is 11.5 Å². The standard InChI is InChI=1S/C34H36N4O5/c1-34(2,33(42)35-24-16-12-21(13-17-24)14-19-29(39)40)37-32(41)23-15-18-25-27(20-23)38(3)31(30(25)22-8-5-6-9-22)26-10-7-11-28(36-26)43-4/h7,10-20,22H,5-6,8-9H2,1-4H3,(H,35,42)(H,37,41)(H,39,40)/b19-14+. The van der Waals surface area contributed by atoms with Crippen LogP contribution in [-0.2, 0) is 16.6 Å². The van der Waals surface area contributed by atoms with Crippen LogP contribution in [-0.4, -0.2) is 45.1 Å². The van der Waals surface area contributed by atoms with Crippen LogP contribution in [0.4, 0.5) is 5.69 Å². The first-order valence-corrected chi connectivity index (χ1v) is 14.4. The molecule has 2 aromatic carbocycles. The number of pyridine rings is 1. The summed E-state index contributed by atoms with van der Waals surface area (Å²) >= 11 is 0. The minimum atomic E-state index is -1.22. The second-order valence-electron chi connectivity index (χ2n) is 11.4. The second-order valence-corrected chi connectivity index (χ2v) is 11.4. The first-order chi connectivity index (χ1) is 20.6. The number of carboxylic acids is 1. The fraction of sp³-hybridized carbons (Fsp3) is 0.294. The summed E-state index contributed by atoms with van der Waals surface area (Å²) < 4.78 is 7.51. The first-order valence-electron chi connectivity index (χ1n) is 14.4. The lowest BCUT2D eigenvalue weighted by atomic mass is 9.93. The quantitative estimate of drug-likeness (QED) is 0.204. The minimum Gasteiger partial charge on any atom is -0.481 e. The SMILES string of the molecule is COc1cccc(-c2c(C3CCCC3)c3ccc(C(=O)NC(C)(C)C(=O)Nc4ccc(/C=C/C(=O)O)cc4)cc3n2C)n1. The number of ether oxygens (including phenoxy) is 1. The van der Waals surface area contributed by atoms with Crippen LogP contribution in [0.2, 0.25) is 0 Å². The number of hydrogen-bond acceptors (Lipinski definition) is 5. The molecule has 9 heteroatoms. The van der Waals surface area contributed by atoms with Gasteiger partial charge in [0.15, 0.2) is 0 Å². The Hall–Kier alpha value is -4.92. The number of anilines is 1. The summed E-state index contributed by atoms with van der Waals surface area (Å²) in [4.78, 5) is 42.1. The van der Waals surface area contributed by atoms with Gasteiger partial charge in [-0.05, 0) is 80.1 Å². The third kappa shape index (κ3) is 6.30. The Kier molecular flexibility index (Phi) is 8.34. The van der Waals surface area contributed by atoms with Gasteiger partial charge < -0.3 is 25.0 Å². The van der Waals surface area contributed by atoms with Gasteiger partial charge in [-0.25, -0.2) is 9.78 Å². The van der Waals surface area contributed by atoms with Crippen molar-refractivity contribution in [3.05, 3.63) is 83.4 Å². The zero-order valence-electron chi connectivity index (χ0n) is 24.8. The predicted octanol–water partition coefficient (Wildman–Crippen LogP) is 6.15. The molecule has 4 aromatic rings. The molecule has 1 saturated carbocycles. The summed E-state index contributed by atoms with van der Waals surface area (Å²) in [6.07, 6.45) is 7.12. The summed E-state index contributed by atoms with van der Waals surface area (Å²) in [5.74, 6) is -0.821. The van der Waals surface area contributed by atoms with Gasteiger partial charge >= 0.3 is 5.97 Å². The van der Waals surface area contributed by atoms with Crippen molar-refractivity contribution >= 4 is 40.4 Å². The number of fused-ring (bicyclic) bond motifs is 1. The number of carbonyl (C=O) groups excluding carboxylic acids is 2. The van der Waals surface area contributed by atoms with Crippen LogP contribution >= 0.6 is 0 Å². The molecule has 1 fully saturated rings. The highest BCUT2D eigenvalue weighted by Gasteiger charge is 2.31. The molecule has 0 spiro atoms. The molecule has 2 heterocycles. The van der Waals surface area contributed by atoms with Gasteiger partial charge in [0.2, 0.25) is 11.8 Å². The molecule has 0 bridgehead atoms. The number of rotatable bonds is 9. The molecule has 9 nitrogen and oxygen atoms in total. The second kappa shape index (κ2) is 12.1. The summed E-state index contributed by atoms with van der Waals surface area (Å²) in [6, 6.07) is 18.2. The van der Waals surface area contributed by atoms with Gasteiger partial charge in [-0.15, -0.1) is 0 Å². The zero-order chi connectivity index (χ0) is 30.7. The molecule has 1 aliphatic rings. The van der Waals surface area contributed by atoms with E-state index in [1.807, 2.05) is 43.4 Å². The third-order valence-electron chi connectivity index (χ3n) is 8.02. The van der Waals surface area contributed by atoms with Gasteiger partial charge in [0.1, 0.15) is 5.54 Å². The van der Waals surface area contributed by atoms with E-state index in [2.05, 4.69) is 15.2 Å². The number of aromatic nitrogens is 2. The Labute approximate surface area is 250 Å². The molecular weight excluding hydrogens is 544 g/mol. The number of hydrogen-bond donors (Lipinski definition) is 3. The minimum absolute atomic E-state index is 0.360.